The van der Waals surface area contributed by atoms with Gasteiger partial charge in [0.2, 0.25) is 0 Å². The van der Waals surface area contributed by atoms with Crippen LogP contribution in [0.3, 0.4) is 0 Å². The van der Waals surface area contributed by atoms with Crippen molar-refractivity contribution in [2.75, 3.05) is 11.1 Å². The second-order valence-electron chi connectivity index (χ2n) is 4.67. The SMILES string of the molecule is CC(C)c1nn(C)c(Nc2cc(Br)ccc2Cl)c1N. The van der Waals surface area contributed by atoms with Crippen LogP contribution in [-0.4, -0.2) is 9.78 Å². The fourth-order valence-electron chi connectivity index (χ4n) is 1.86. The molecule has 0 aliphatic rings. The molecule has 2 aromatic rings. The lowest BCUT2D eigenvalue weighted by Crippen LogP contribution is -2.01. The van der Waals surface area contributed by atoms with Gasteiger partial charge in [0.25, 0.3) is 0 Å². The van der Waals surface area contributed by atoms with E-state index in [-0.39, 0.29) is 5.92 Å². The molecule has 0 aliphatic heterocycles. The van der Waals surface area contributed by atoms with Gasteiger partial charge in [-0.1, -0.05) is 41.4 Å². The van der Waals surface area contributed by atoms with Gasteiger partial charge in [-0.2, -0.15) is 5.10 Å². The highest BCUT2D eigenvalue weighted by atomic mass is 79.9. The standard InChI is InChI=1S/C13H16BrClN4/c1-7(2)12-11(16)13(19(3)18-12)17-10-6-8(14)4-5-9(10)15/h4-7,17H,16H2,1-3H3. The first kappa shape index (κ1) is 14.2. The number of nitrogens with one attached hydrogen (secondary N) is 1. The van der Waals surface area contributed by atoms with Gasteiger partial charge in [0.1, 0.15) is 0 Å². The van der Waals surface area contributed by atoms with Crippen molar-refractivity contribution in [1.29, 1.82) is 0 Å². The summed E-state index contributed by atoms with van der Waals surface area (Å²) in [4.78, 5) is 0. The van der Waals surface area contributed by atoms with Crippen LogP contribution < -0.4 is 11.1 Å². The number of nitrogens with two attached hydrogens (primary N) is 1. The van der Waals surface area contributed by atoms with Crippen LogP contribution in [0.4, 0.5) is 17.2 Å². The maximum Gasteiger partial charge on any atom is 0.152 e. The number of benzene rings is 1. The predicted octanol–water partition coefficient (Wildman–Crippen LogP) is 4.29. The van der Waals surface area contributed by atoms with Crippen LogP contribution >= 0.6 is 27.5 Å². The average molecular weight is 344 g/mol. The number of halogens is 2. The van der Waals surface area contributed by atoms with E-state index in [2.05, 4.69) is 40.2 Å². The molecule has 0 saturated heterocycles. The zero-order valence-corrected chi connectivity index (χ0v) is 13.4. The van der Waals surface area contributed by atoms with E-state index >= 15 is 0 Å². The minimum absolute atomic E-state index is 0.278. The molecule has 102 valence electrons. The Morgan fingerprint density at radius 3 is 2.68 bits per heavy atom. The topological polar surface area (TPSA) is 55.9 Å². The third-order valence-electron chi connectivity index (χ3n) is 2.84. The van der Waals surface area contributed by atoms with Crippen LogP contribution in [0, 0.1) is 0 Å². The van der Waals surface area contributed by atoms with Gasteiger partial charge in [0.15, 0.2) is 5.82 Å². The van der Waals surface area contributed by atoms with Crippen molar-refractivity contribution in [2.45, 2.75) is 19.8 Å². The summed E-state index contributed by atoms with van der Waals surface area (Å²) in [6, 6.07) is 5.62. The van der Waals surface area contributed by atoms with E-state index in [0.29, 0.717) is 10.7 Å². The smallest absolute Gasteiger partial charge is 0.152 e. The molecule has 2 rings (SSSR count). The number of aryl methyl sites for hydroxylation is 1. The predicted molar refractivity (Wildman–Crippen MR) is 84.1 cm³/mol. The Morgan fingerprint density at radius 2 is 2.11 bits per heavy atom. The van der Waals surface area contributed by atoms with Gasteiger partial charge in [-0.15, -0.1) is 0 Å². The van der Waals surface area contributed by atoms with Crippen molar-refractivity contribution in [3.05, 3.63) is 33.4 Å². The quantitative estimate of drug-likeness (QED) is 0.874. The molecule has 0 bridgehead atoms. The van der Waals surface area contributed by atoms with Gasteiger partial charge in [-0.05, 0) is 24.1 Å². The lowest BCUT2D eigenvalue weighted by atomic mass is 10.1. The Kier molecular flexibility index (Phi) is 4.06. The second kappa shape index (κ2) is 5.43. The Hall–Kier alpha value is -1.20. The maximum atomic E-state index is 6.17. The Bertz CT molecular complexity index is 607. The molecule has 0 radical (unpaired) electrons. The highest BCUT2D eigenvalue weighted by molar-refractivity contribution is 9.10. The van der Waals surface area contributed by atoms with Crippen molar-refractivity contribution >= 4 is 44.7 Å². The van der Waals surface area contributed by atoms with E-state index in [9.17, 15) is 0 Å². The molecule has 0 spiro atoms. The molecule has 0 fully saturated rings. The molecule has 1 aromatic carbocycles. The third-order valence-corrected chi connectivity index (χ3v) is 3.66. The molecule has 1 aromatic heterocycles. The van der Waals surface area contributed by atoms with E-state index in [1.165, 1.54) is 0 Å². The molecule has 0 unspecified atom stereocenters. The maximum absolute atomic E-state index is 6.17. The zero-order valence-electron chi connectivity index (χ0n) is 11.0. The first-order valence-electron chi connectivity index (χ1n) is 5.94. The molecule has 19 heavy (non-hydrogen) atoms. The zero-order chi connectivity index (χ0) is 14.2. The van der Waals surface area contributed by atoms with Crippen LogP contribution in [0.1, 0.15) is 25.5 Å². The number of aromatic nitrogens is 2. The van der Waals surface area contributed by atoms with Gasteiger partial charge in [-0.3, -0.25) is 4.68 Å². The van der Waals surface area contributed by atoms with E-state index in [0.717, 1.165) is 21.7 Å². The summed E-state index contributed by atoms with van der Waals surface area (Å²) in [5.41, 5.74) is 8.48. The first-order valence-corrected chi connectivity index (χ1v) is 7.11. The summed E-state index contributed by atoms with van der Waals surface area (Å²) in [5, 5.41) is 8.30. The van der Waals surface area contributed by atoms with Crippen LogP contribution in [-0.2, 0) is 7.05 Å². The van der Waals surface area contributed by atoms with Crippen molar-refractivity contribution in [2.24, 2.45) is 7.05 Å². The molecule has 4 nitrogen and oxygen atoms in total. The fourth-order valence-corrected chi connectivity index (χ4v) is 2.38. The molecule has 0 saturated carbocycles. The molecule has 0 aliphatic carbocycles. The monoisotopic (exact) mass is 342 g/mol. The number of rotatable bonds is 3. The van der Waals surface area contributed by atoms with E-state index in [4.69, 9.17) is 17.3 Å². The van der Waals surface area contributed by atoms with E-state index in [1.54, 1.807) is 4.68 Å². The summed E-state index contributed by atoms with van der Waals surface area (Å²) in [7, 11) is 1.86. The van der Waals surface area contributed by atoms with Crippen molar-refractivity contribution < 1.29 is 0 Å². The van der Waals surface area contributed by atoms with Gasteiger partial charge in [-0.25, -0.2) is 0 Å². The first-order chi connectivity index (χ1) is 8.90. The third kappa shape index (κ3) is 2.87. The summed E-state index contributed by atoms with van der Waals surface area (Å²) in [6.45, 7) is 4.13. The fraction of sp³-hybridized carbons (Fsp3) is 0.308. The number of nitrogens with zero attached hydrogens (tertiary/aromatic N) is 2. The van der Waals surface area contributed by atoms with Crippen molar-refractivity contribution in [1.82, 2.24) is 9.78 Å². The minimum Gasteiger partial charge on any atom is -0.394 e. The summed E-state index contributed by atoms with van der Waals surface area (Å²) in [6.07, 6.45) is 0. The van der Waals surface area contributed by atoms with Crippen molar-refractivity contribution in [3.63, 3.8) is 0 Å². The minimum atomic E-state index is 0.278. The number of nitrogen functional groups attached to an aromatic ring is 1. The highest BCUT2D eigenvalue weighted by Crippen LogP contribution is 2.33. The molecule has 0 atom stereocenters. The van der Waals surface area contributed by atoms with Gasteiger partial charge < -0.3 is 11.1 Å². The normalized spacial score (nSPS) is 11.1. The Balaban J connectivity index is 2.41. The number of hydrogen-bond acceptors (Lipinski definition) is 3. The molecular weight excluding hydrogens is 328 g/mol. The van der Waals surface area contributed by atoms with E-state index < -0.39 is 0 Å². The number of hydrogen-bond donors (Lipinski definition) is 2. The molecule has 0 amide bonds. The van der Waals surface area contributed by atoms with Gasteiger partial charge in [0, 0.05) is 11.5 Å². The van der Waals surface area contributed by atoms with Crippen LogP contribution in [0.25, 0.3) is 0 Å². The largest absolute Gasteiger partial charge is 0.394 e. The van der Waals surface area contributed by atoms with Gasteiger partial charge in [0.05, 0.1) is 22.1 Å². The van der Waals surface area contributed by atoms with Crippen molar-refractivity contribution in [3.8, 4) is 0 Å². The van der Waals surface area contributed by atoms with E-state index in [1.807, 2.05) is 25.2 Å². The Morgan fingerprint density at radius 1 is 1.42 bits per heavy atom. The lowest BCUT2D eigenvalue weighted by molar-refractivity contribution is 0.718. The molecule has 3 N–H and O–H groups in total. The van der Waals surface area contributed by atoms with Gasteiger partial charge >= 0.3 is 0 Å². The summed E-state index contributed by atoms with van der Waals surface area (Å²) in [5.74, 6) is 1.03. The lowest BCUT2D eigenvalue weighted by Gasteiger charge is -2.10. The molecular formula is C13H16BrClN4. The summed E-state index contributed by atoms with van der Waals surface area (Å²) >= 11 is 9.59. The average Bonchev–Trinajstić information content (AvgIpc) is 2.62. The van der Waals surface area contributed by atoms with Crippen LogP contribution in [0.2, 0.25) is 5.02 Å². The molecule has 6 heteroatoms. The summed E-state index contributed by atoms with van der Waals surface area (Å²) < 4.78 is 2.69. The number of anilines is 3. The molecule has 1 heterocycles. The van der Waals surface area contributed by atoms with Crippen LogP contribution in [0.15, 0.2) is 22.7 Å². The Labute approximate surface area is 126 Å². The van der Waals surface area contributed by atoms with Crippen LogP contribution in [0.5, 0.6) is 0 Å². The second-order valence-corrected chi connectivity index (χ2v) is 6.00. The highest BCUT2D eigenvalue weighted by Gasteiger charge is 2.16.